The Bertz CT molecular complexity index is 953. The second-order valence-electron chi connectivity index (χ2n) is 5.28. The molecule has 24 heavy (non-hydrogen) atoms. The van der Waals surface area contributed by atoms with E-state index >= 15 is 0 Å². The third-order valence-corrected chi connectivity index (χ3v) is 3.65. The molecule has 0 saturated carbocycles. The van der Waals surface area contributed by atoms with E-state index in [9.17, 15) is 0 Å². The molecule has 0 aliphatic rings. The van der Waals surface area contributed by atoms with Gasteiger partial charge in [0.1, 0.15) is 17.4 Å². The highest BCUT2D eigenvalue weighted by Crippen LogP contribution is 2.30. The number of hydrogen-bond donors (Lipinski definition) is 2. The zero-order valence-corrected chi connectivity index (χ0v) is 12.9. The van der Waals surface area contributed by atoms with Gasteiger partial charge in [-0.3, -0.25) is 0 Å². The van der Waals surface area contributed by atoms with Crippen LogP contribution >= 0.6 is 0 Å². The van der Waals surface area contributed by atoms with Crippen molar-refractivity contribution in [3.63, 3.8) is 0 Å². The predicted octanol–water partition coefficient (Wildman–Crippen LogP) is 3.08. The van der Waals surface area contributed by atoms with Gasteiger partial charge in [0, 0.05) is 30.9 Å². The standard InChI is InChI=1S/C17H16N6O/c1-2-6-13-12(5-1)14-15(24-13)16(23-11-22-14)18-7-3-8-19-17-20-9-4-10-21-17/h1-2,4-6,9-11H,3,7-8H2,(H,18,22,23)(H,19,20,21). The van der Waals surface area contributed by atoms with Gasteiger partial charge >= 0.3 is 0 Å². The molecular formula is C17H16N6O. The normalized spacial score (nSPS) is 11.0. The Kier molecular flexibility index (Phi) is 3.89. The van der Waals surface area contributed by atoms with Crippen LogP contribution in [0.4, 0.5) is 11.8 Å². The summed E-state index contributed by atoms with van der Waals surface area (Å²) in [4.78, 5) is 16.9. The first kappa shape index (κ1) is 14.4. The molecule has 4 aromatic rings. The van der Waals surface area contributed by atoms with E-state index < -0.39 is 0 Å². The van der Waals surface area contributed by atoms with E-state index in [2.05, 4.69) is 30.6 Å². The third kappa shape index (κ3) is 2.83. The Morgan fingerprint density at radius 3 is 2.62 bits per heavy atom. The summed E-state index contributed by atoms with van der Waals surface area (Å²) in [6.45, 7) is 1.52. The molecule has 3 heterocycles. The van der Waals surface area contributed by atoms with E-state index in [1.165, 1.54) is 0 Å². The maximum atomic E-state index is 5.89. The van der Waals surface area contributed by atoms with Crippen LogP contribution in [0.15, 0.2) is 53.5 Å². The third-order valence-electron chi connectivity index (χ3n) is 3.65. The molecule has 0 bridgehead atoms. The van der Waals surface area contributed by atoms with E-state index in [1.807, 2.05) is 24.3 Å². The average Bonchev–Trinajstić information content (AvgIpc) is 3.02. The van der Waals surface area contributed by atoms with Crippen molar-refractivity contribution in [2.45, 2.75) is 6.42 Å². The van der Waals surface area contributed by atoms with Crippen molar-refractivity contribution in [1.29, 1.82) is 0 Å². The van der Waals surface area contributed by atoms with E-state index in [4.69, 9.17) is 4.42 Å². The molecule has 0 aliphatic carbocycles. The maximum Gasteiger partial charge on any atom is 0.222 e. The van der Waals surface area contributed by atoms with Crippen LogP contribution in [0.2, 0.25) is 0 Å². The molecular weight excluding hydrogens is 304 g/mol. The molecule has 4 rings (SSSR count). The van der Waals surface area contributed by atoms with Gasteiger partial charge in [-0.2, -0.15) is 0 Å². The van der Waals surface area contributed by atoms with Gasteiger partial charge in [0.05, 0.1) is 0 Å². The van der Waals surface area contributed by atoms with Crippen LogP contribution in [0.5, 0.6) is 0 Å². The number of rotatable bonds is 6. The summed E-state index contributed by atoms with van der Waals surface area (Å²) in [5.41, 5.74) is 2.34. The van der Waals surface area contributed by atoms with Gasteiger partial charge in [-0.15, -0.1) is 0 Å². The number of hydrogen-bond acceptors (Lipinski definition) is 7. The van der Waals surface area contributed by atoms with Gasteiger partial charge < -0.3 is 15.1 Å². The summed E-state index contributed by atoms with van der Waals surface area (Å²) < 4.78 is 5.89. The lowest BCUT2D eigenvalue weighted by molar-refractivity contribution is 0.666. The zero-order valence-electron chi connectivity index (χ0n) is 12.9. The quantitative estimate of drug-likeness (QED) is 0.528. The molecule has 120 valence electrons. The minimum Gasteiger partial charge on any atom is -0.450 e. The van der Waals surface area contributed by atoms with Gasteiger partial charge in [-0.05, 0) is 24.6 Å². The van der Waals surface area contributed by atoms with Crippen molar-refractivity contribution in [3.05, 3.63) is 49.1 Å². The van der Waals surface area contributed by atoms with E-state index in [1.54, 1.807) is 24.8 Å². The predicted molar refractivity (Wildman–Crippen MR) is 92.9 cm³/mol. The van der Waals surface area contributed by atoms with Crippen molar-refractivity contribution in [1.82, 2.24) is 19.9 Å². The number of nitrogens with one attached hydrogen (secondary N) is 2. The number of para-hydroxylation sites is 1. The topological polar surface area (TPSA) is 88.8 Å². The average molecular weight is 320 g/mol. The molecule has 7 nitrogen and oxygen atoms in total. The van der Waals surface area contributed by atoms with E-state index in [-0.39, 0.29) is 0 Å². The highest BCUT2D eigenvalue weighted by Gasteiger charge is 2.12. The second kappa shape index (κ2) is 6.49. The van der Waals surface area contributed by atoms with Crippen molar-refractivity contribution in [2.24, 2.45) is 0 Å². The lowest BCUT2D eigenvalue weighted by atomic mass is 10.2. The molecule has 0 radical (unpaired) electrons. The lowest BCUT2D eigenvalue weighted by Crippen LogP contribution is -2.11. The molecule has 0 amide bonds. The van der Waals surface area contributed by atoms with E-state index in [0.717, 1.165) is 36.0 Å². The van der Waals surface area contributed by atoms with Crippen LogP contribution in [0.1, 0.15) is 6.42 Å². The zero-order chi connectivity index (χ0) is 16.2. The molecule has 0 spiro atoms. The first-order valence-electron chi connectivity index (χ1n) is 7.79. The molecule has 3 aromatic heterocycles. The fourth-order valence-electron chi connectivity index (χ4n) is 2.54. The second-order valence-corrected chi connectivity index (χ2v) is 5.28. The van der Waals surface area contributed by atoms with Gasteiger partial charge in [-0.1, -0.05) is 12.1 Å². The Labute approximate surface area is 138 Å². The molecule has 2 N–H and O–H groups in total. The smallest absolute Gasteiger partial charge is 0.222 e. The number of aromatic nitrogens is 4. The van der Waals surface area contributed by atoms with Gasteiger partial charge in [0.2, 0.25) is 5.95 Å². The van der Waals surface area contributed by atoms with Crippen LogP contribution < -0.4 is 10.6 Å². The fraction of sp³-hybridized carbons (Fsp3) is 0.176. The van der Waals surface area contributed by atoms with Crippen LogP contribution in [-0.2, 0) is 0 Å². The Morgan fingerprint density at radius 2 is 1.71 bits per heavy atom. The number of anilines is 2. The Hall–Kier alpha value is -3.22. The number of fused-ring (bicyclic) bond motifs is 3. The van der Waals surface area contributed by atoms with Crippen LogP contribution in [0, 0.1) is 0 Å². The van der Waals surface area contributed by atoms with Crippen molar-refractivity contribution in [2.75, 3.05) is 23.7 Å². The summed E-state index contributed by atoms with van der Waals surface area (Å²) in [6.07, 6.45) is 5.88. The molecule has 0 aliphatic heterocycles. The van der Waals surface area contributed by atoms with Crippen molar-refractivity contribution < 1.29 is 4.42 Å². The molecule has 0 atom stereocenters. The molecule has 0 fully saturated rings. The monoisotopic (exact) mass is 320 g/mol. The molecule has 7 heteroatoms. The highest BCUT2D eigenvalue weighted by molar-refractivity contribution is 6.05. The minimum absolute atomic E-state index is 0.638. The summed E-state index contributed by atoms with van der Waals surface area (Å²) >= 11 is 0. The fourth-order valence-corrected chi connectivity index (χ4v) is 2.54. The SMILES string of the molecule is c1cnc(NCCCNc2ncnc3c2oc2ccccc23)nc1. The van der Waals surface area contributed by atoms with Crippen LogP contribution in [-0.4, -0.2) is 33.0 Å². The molecule has 0 saturated heterocycles. The number of furan rings is 1. The summed E-state index contributed by atoms with van der Waals surface area (Å²) in [5, 5.41) is 7.48. The van der Waals surface area contributed by atoms with Crippen LogP contribution in [0.3, 0.4) is 0 Å². The Balaban J connectivity index is 1.41. The molecule has 0 unspecified atom stereocenters. The first-order chi connectivity index (χ1) is 11.9. The molecule has 1 aromatic carbocycles. The number of nitrogens with zero attached hydrogens (tertiary/aromatic N) is 4. The van der Waals surface area contributed by atoms with Crippen molar-refractivity contribution >= 4 is 33.8 Å². The summed E-state index contributed by atoms with van der Waals surface area (Å²) in [6, 6.07) is 9.65. The number of benzene rings is 1. The van der Waals surface area contributed by atoms with Crippen molar-refractivity contribution in [3.8, 4) is 0 Å². The Morgan fingerprint density at radius 1 is 0.875 bits per heavy atom. The summed E-state index contributed by atoms with van der Waals surface area (Å²) in [5.74, 6) is 1.35. The van der Waals surface area contributed by atoms with Gasteiger partial charge in [0.25, 0.3) is 0 Å². The maximum absolute atomic E-state index is 5.89. The highest BCUT2D eigenvalue weighted by atomic mass is 16.3. The van der Waals surface area contributed by atoms with Gasteiger partial charge in [0.15, 0.2) is 11.4 Å². The lowest BCUT2D eigenvalue weighted by Gasteiger charge is -2.06. The summed E-state index contributed by atoms with van der Waals surface area (Å²) in [7, 11) is 0. The van der Waals surface area contributed by atoms with E-state index in [0.29, 0.717) is 17.3 Å². The van der Waals surface area contributed by atoms with Gasteiger partial charge in [-0.25, -0.2) is 19.9 Å². The first-order valence-corrected chi connectivity index (χ1v) is 7.79. The largest absolute Gasteiger partial charge is 0.450 e. The minimum atomic E-state index is 0.638. The van der Waals surface area contributed by atoms with Crippen LogP contribution in [0.25, 0.3) is 22.1 Å².